The van der Waals surface area contributed by atoms with Crippen LogP contribution in [-0.4, -0.2) is 4.98 Å². The van der Waals surface area contributed by atoms with E-state index >= 15 is 0 Å². The quantitative estimate of drug-likeness (QED) is 0.273. The molecule has 0 bridgehead atoms. The maximum Gasteiger partial charge on any atom is 0.0705 e. The Morgan fingerprint density at radius 1 is 0.452 bits per heavy atom. The van der Waals surface area contributed by atoms with Crippen LogP contribution in [0.5, 0.6) is 0 Å². The molecule has 3 heteroatoms. The lowest BCUT2D eigenvalue weighted by molar-refractivity contribution is 1.10. The first-order valence-electron chi connectivity index (χ1n) is 9.87. The van der Waals surface area contributed by atoms with E-state index in [0.717, 1.165) is 17.6 Å². The van der Waals surface area contributed by atoms with E-state index in [4.69, 9.17) is 0 Å². The van der Waals surface area contributed by atoms with Crippen LogP contribution in [-0.2, 0) is 6.42 Å². The van der Waals surface area contributed by atoms with E-state index in [1.165, 1.54) is 22.1 Å². The summed E-state index contributed by atoms with van der Waals surface area (Å²) in [5, 5.41) is 1.20. The molecule has 4 aromatic carbocycles. The van der Waals surface area contributed by atoms with Crippen molar-refractivity contribution in [3.05, 3.63) is 139 Å². The zero-order valence-electron chi connectivity index (χ0n) is 17.1. The average molecular weight is 446 g/mol. The van der Waals surface area contributed by atoms with Gasteiger partial charge in [0.15, 0.2) is 0 Å². The van der Waals surface area contributed by atoms with Gasteiger partial charge in [0.2, 0.25) is 0 Å². The first-order valence-corrected chi connectivity index (χ1v) is 9.87. The number of para-hydroxylation sites is 1. The van der Waals surface area contributed by atoms with Gasteiger partial charge < -0.3 is 0 Å². The average Bonchev–Trinajstić information content (AvgIpc) is 2.81. The molecule has 0 spiro atoms. The molecule has 5 rings (SSSR count). The summed E-state index contributed by atoms with van der Waals surface area (Å²) in [6, 6.07) is 43.7. The molecule has 0 radical (unpaired) electrons. The molecule has 0 atom stereocenters. The van der Waals surface area contributed by atoms with Gasteiger partial charge in [-0.05, 0) is 28.8 Å². The topological polar surface area (TPSA) is 12.9 Å². The molecule has 0 N–H and O–H groups in total. The summed E-state index contributed by atoms with van der Waals surface area (Å²) in [6.07, 6.45) is 0.895. The fourth-order valence-electron chi connectivity index (χ4n) is 3.27. The number of rotatable bonds is 3. The summed E-state index contributed by atoms with van der Waals surface area (Å²) in [5.74, 6) is 0. The zero-order valence-corrected chi connectivity index (χ0v) is 18.7. The van der Waals surface area contributed by atoms with Crippen LogP contribution in [0.15, 0.2) is 127 Å². The second-order valence-electron chi connectivity index (χ2n) is 6.89. The smallest absolute Gasteiger partial charge is 0.0705 e. The minimum absolute atomic E-state index is 0. The lowest BCUT2D eigenvalue weighted by atomic mass is 10.1. The second kappa shape index (κ2) is 12.5. The first kappa shape index (κ1) is 24.1. The van der Waals surface area contributed by atoms with E-state index < -0.39 is 0 Å². The highest BCUT2D eigenvalue weighted by Crippen LogP contribution is 2.17. The molecule has 1 nitrogen and oxygen atoms in total. The van der Waals surface area contributed by atoms with Crippen LogP contribution in [0.2, 0.25) is 0 Å². The molecular formula is C28H25Cl2N. The van der Waals surface area contributed by atoms with Crippen LogP contribution < -0.4 is 0 Å². The van der Waals surface area contributed by atoms with Crippen molar-refractivity contribution in [2.75, 3.05) is 0 Å². The molecular weight excluding hydrogens is 421 g/mol. The van der Waals surface area contributed by atoms with E-state index in [1.54, 1.807) is 0 Å². The fourth-order valence-corrected chi connectivity index (χ4v) is 3.27. The number of hydrogen-bond acceptors (Lipinski definition) is 1. The van der Waals surface area contributed by atoms with Gasteiger partial charge in [0.05, 0.1) is 5.52 Å². The second-order valence-corrected chi connectivity index (χ2v) is 6.89. The fraction of sp³-hybridized carbons (Fsp3) is 0.0357. The monoisotopic (exact) mass is 445 g/mol. The Balaban J connectivity index is 0.000000218. The summed E-state index contributed by atoms with van der Waals surface area (Å²) in [4.78, 5) is 4.67. The Kier molecular flexibility index (Phi) is 9.77. The van der Waals surface area contributed by atoms with Crippen LogP contribution >= 0.6 is 24.8 Å². The predicted octanol–water partition coefficient (Wildman–Crippen LogP) is 8.02. The SMILES string of the molecule is Cl.Cl.c1ccc(-c2ccccc2)cc1.c1ccc(Cc2ccc3ccccc3n2)cc1. The summed E-state index contributed by atoms with van der Waals surface area (Å²) < 4.78 is 0. The number of hydrogen-bond donors (Lipinski definition) is 0. The maximum atomic E-state index is 4.67. The van der Waals surface area contributed by atoms with Crippen molar-refractivity contribution in [2.24, 2.45) is 0 Å². The summed E-state index contributed by atoms with van der Waals surface area (Å²) in [6.45, 7) is 0. The van der Waals surface area contributed by atoms with Gasteiger partial charge in [-0.15, -0.1) is 24.8 Å². The van der Waals surface area contributed by atoms with Crippen LogP contribution in [0, 0.1) is 0 Å². The predicted molar refractivity (Wildman–Crippen MR) is 137 cm³/mol. The van der Waals surface area contributed by atoms with Gasteiger partial charge in [-0.25, -0.2) is 0 Å². The van der Waals surface area contributed by atoms with Crippen molar-refractivity contribution in [1.29, 1.82) is 0 Å². The molecule has 0 aliphatic rings. The van der Waals surface area contributed by atoms with Crippen LogP contribution in [0.4, 0.5) is 0 Å². The third-order valence-corrected chi connectivity index (χ3v) is 4.77. The highest BCUT2D eigenvalue weighted by atomic mass is 35.5. The third-order valence-electron chi connectivity index (χ3n) is 4.77. The van der Waals surface area contributed by atoms with E-state index in [2.05, 4.69) is 102 Å². The molecule has 0 aliphatic heterocycles. The number of aromatic nitrogens is 1. The van der Waals surface area contributed by atoms with Crippen LogP contribution in [0.3, 0.4) is 0 Å². The molecule has 1 aromatic heterocycles. The highest BCUT2D eigenvalue weighted by molar-refractivity contribution is 5.85. The minimum atomic E-state index is 0. The van der Waals surface area contributed by atoms with Gasteiger partial charge in [0.25, 0.3) is 0 Å². The Labute approximate surface area is 196 Å². The molecule has 0 unspecified atom stereocenters. The summed E-state index contributed by atoms with van der Waals surface area (Å²) in [7, 11) is 0. The molecule has 0 saturated heterocycles. The normalized spacial score (nSPS) is 9.55. The van der Waals surface area contributed by atoms with Crippen molar-refractivity contribution in [3.63, 3.8) is 0 Å². The summed E-state index contributed by atoms with van der Waals surface area (Å²) in [5.41, 5.74) is 6.04. The molecule has 156 valence electrons. The molecule has 5 aromatic rings. The molecule has 0 saturated carbocycles. The highest BCUT2D eigenvalue weighted by Gasteiger charge is 1.99. The lowest BCUT2D eigenvalue weighted by Gasteiger charge is -2.03. The molecule has 0 fully saturated rings. The van der Waals surface area contributed by atoms with Crippen molar-refractivity contribution >= 4 is 35.7 Å². The molecule has 0 amide bonds. The number of nitrogens with zero attached hydrogens (tertiary/aromatic N) is 1. The lowest BCUT2D eigenvalue weighted by Crippen LogP contribution is -1.92. The molecule has 0 aliphatic carbocycles. The van der Waals surface area contributed by atoms with Gasteiger partial charge in [0, 0.05) is 17.5 Å². The van der Waals surface area contributed by atoms with Gasteiger partial charge in [-0.1, -0.05) is 115 Å². The minimum Gasteiger partial charge on any atom is -0.252 e. The zero-order chi connectivity index (χ0) is 19.7. The Hall–Kier alpha value is -3.13. The van der Waals surface area contributed by atoms with E-state index in [-0.39, 0.29) is 24.8 Å². The molecule has 1 heterocycles. The van der Waals surface area contributed by atoms with Gasteiger partial charge in [-0.2, -0.15) is 0 Å². The Morgan fingerprint density at radius 2 is 0.935 bits per heavy atom. The summed E-state index contributed by atoms with van der Waals surface area (Å²) >= 11 is 0. The number of fused-ring (bicyclic) bond motifs is 1. The van der Waals surface area contributed by atoms with E-state index in [9.17, 15) is 0 Å². The largest absolute Gasteiger partial charge is 0.252 e. The Morgan fingerprint density at radius 3 is 1.52 bits per heavy atom. The van der Waals surface area contributed by atoms with Crippen molar-refractivity contribution < 1.29 is 0 Å². The van der Waals surface area contributed by atoms with Gasteiger partial charge >= 0.3 is 0 Å². The number of benzene rings is 4. The standard InChI is InChI=1S/C16H13N.C12H10.2ClH/c1-2-6-13(7-3-1)12-15-11-10-14-8-4-5-9-16(14)17-15;1-3-7-11(8-4-1)12-9-5-2-6-10-12;;/h1-11H,12H2;1-10H;2*1H. The van der Waals surface area contributed by atoms with Crippen molar-refractivity contribution in [1.82, 2.24) is 4.98 Å². The Bertz CT molecular complexity index is 1120. The van der Waals surface area contributed by atoms with E-state index in [1.807, 2.05) is 30.3 Å². The van der Waals surface area contributed by atoms with Crippen LogP contribution in [0.25, 0.3) is 22.0 Å². The van der Waals surface area contributed by atoms with Gasteiger partial charge in [-0.3, -0.25) is 4.98 Å². The maximum absolute atomic E-state index is 4.67. The number of halogens is 2. The number of pyridine rings is 1. The molecule has 31 heavy (non-hydrogen) atoms. The third kappa shape index (κ3) is 6.96. The van der Waals surface area contributed by atoms with Gasteiger partial charge in [0.1, 0.15) is 0 Å². The van der Waals surface area contributed by atoms with E-state index in [0.29, 0.717) is 0 Å². The van der Waals surface area contributed by atoms with Crippen LogP contribution in [0.1, 0.15) is 11.3 Å². The first-order chi connectivity index (χ1) is 14.4. The van der Waals surface area contributed by atoms with Crippen molar-refractivity contribution in [2.45, 2.75) is 6.42 Å². The van der Waals surface area contributed by atoms with Crippen molar-refractivity contribution in [3.8, 4) is 11.1 Å².